The summed E-state index contributed by atoms with van der Waals surface area (Å²) < 4.78 is 31.4. The van der Waals surface area contributed by atoms with Crippen molar-refractivity contribution in [3.05, 3.63) is 108 Å². The van der Waals surface area contributed by atoms with Crippen molar-refractivity contribution in [1.29, 1.82) is 0 Å². The Morgan fingerprint density at radius 1 is 0.750 bits per heavy atom. The van der Waals surface area contributed by atoms with Gasteiger partial charge in [0.2, 0.25) is 4.38 Å². The molecule has 5 nitrogen and oxygen atoms in total. The summed E-state index contributed by atoms with van der Waals surface area (Å²) in [5.74, 6) is 0. The zero-order valence-electron chi connectivity index (χ0n) is 20.4. The number of ether oxygens (including phenoxy) is 5. The van der Waals surface area contributed by atoms with E-state index in [-0.39, 0.29) is 23.7 Å². The lowest BCUT2D eigenvalue weighted by Gasteiger charge is -2.25. The van der Waals surface area contributed by atoms with E-state index in [0.29, 0.717) is 37.4 Å². The molecule has 7 heteroatoms. The second kappa shape index (κ2) is 14.5. The highest BCUT2D eigenvalue weighted by molar-refractivity contribution is 8.22. The van der Waals surface area contributed by atoms with Crippen molar-refractivity contribution in [1.82, 2.24) is 0 Å². The summed E-state index contributed by atoms with van der Waals surface area (Å²) in [5, 5.41) is 0. The zero-order valence-corrected chi connectivity index (χ0v) is 22.0. The van der Waals surface area contributed by atoms with E-state index in [1.165, 1.54) is 11.8 Å². The van der Waals surface area contributed by atoms with Crippen LogP contribution in [0.25, 0.3) is 0 Å². The van der Waals surface area contributed by atoms with E-state index < -0.39 is 0 Å². The highest BCUT2D eigenvalue weighted by atomic mass is 32.2. The molecule has 1 aliphatic heterocycles. The lowest BCUT2D eigenvalue weighted by Crippen LogP contribution is -2.38. The van der Waals surface area contributed by atoms with Gasteiger partial charge in [0.1, 0.15) is 23.7 Å². The number of hydrogen-bond acceptors (Lipinski definition) is 7. The van der Waals surface area contributed by atoms with Gasteiger partial charge in [-0.05, 0) is 47.6 Å². The minimum absolute atomic E-state index is 0.319. The van der Waals surface area contributed by atoms with Crippen LogP contribution in [0.3, 0.4) is 0 Å². The van der Waals surface area contributed by atoms with Crippen LogP contribution in [-0.4, -0.2) is 41.3 Å². The van der Waals surface area contributed by atoms with Crippen molar-refractivity contribution in [2.75, 3.05) is 13.2 Å². The number of rotatable bonds is 12. The summed E-state index contributed by atoms with van der Waals surface area (Å²) >= 11 is 6.78. The maximum Gasteiger partial charge on any atom is 0.222 e. The lowest BCUT2D eigenvalue weighted by atomic mass is 10.1. The van der Waals surface area contributed by atoms with Crippen LogP contribution in [0.2, 0.25) is 0 Å². The predicted molar refractivity (Wildman–Crippen MR) is 147 cm³/mol. The third-order valence-corrected chi connectivity index (χ3v) is 7.03. The summed E-state index contributed by atoms with van der Waals surface area (Å²) in [6, 6.07) is 30.3. The van der Waals surface area contributed by atoms with Gasteiger partial charge in [-0.3, -0.25) is 0 Å². The van der Waals surface area contributed by atoms with Crippen LogP contribution in [0.5, 0.6) is 0 Å². The van der Waals surface area contributed by atoms with Crippen molar-refractivity contribution in [3.8, 4) is 0 Å². The standard InChI is InChI=1S/C29H32O5S2/c1-2-31-29(35)36-28-27(33-20-24-16-10-5-11-17-24)26(32-19-23-14-8-4-9-15-23)25(34-28)21-30-18-22-12-6-3-7-13-22/h3-17,25-28H,2,18-21H2,1H3/t25-,26-,27-,28?/m1/s1. The fraction of sp³-hybridized carbons (Fsp3) is 0.345. The van der Waals surface area contributed by atoms with Crippen molar-refractivity contribution in [2.24, 2.45) is 0 Å². The number of thioether (sulfide) groups is 1. The molecule has 1 saturated heterocycles. The van der Waals surface area contributed by atoms with E-state index in [2.05, 4.69) is 0 Å². The molecule has 36 heavy (non-hydrogen) atoms. The minimum Gasteiger partial charge on any atom is -0.479 e. The van der Waals surface area contributed by atoms with Crippen molar-refractivity contribution in [3.63, 3.8) is 0 Å². The van der Waals surface area contributed by atoms with Gasteiger partial charge in [-0.2, -0.15) is 0 Å². The molecule has 1 aliphatic rings. The first kappa shape index (κ1) is 26.8. The molecule has 0 bridgehead atoms. The van der Waals surface area contributed by atoms with Crippen LogP contribution in [0, 0.1) is 0 Å². The number of hydrogen-bond donors (Lipinski definition) is 0. The van der Waals surface area contributed by atoms with Crippen LogP contribution in [0.15, 0.2) is 91.0 Å². The first-order valence-electron chi connectivity index (χ1n) is 12.1. The van der Waals surface area contributed by atoms with Crippen LogP contribution >= 0.6 is 24.0 Å². The topological polar surface area (TPSA) is 46.2 Å². The molecule has 0 aromatic heterocycles. The first-order valence-corrected chi connectivity index (χ1v) is 13.4. The van der Waals surface area contributed by atoms with E-state index >= 15 is 0 Å². The minimum atomic E-state index is -0.376. The average molecular weight is 525 g/mol. The predicted octanol–water partition coefficient (Wildman–Crippen LogP) is 6.15. The highest BCUT2D eigenvalue weighted by Gasteiger charge is 2.47. The Morgan fingerprint density at radius 2 is 1.25 bits per heavy atom. The second-order valence-corrected chi connectivity index (χ2v) is 10.1. The van der Waals surface area contributed by atoms with E-state index in [1.54, 1.807) is 0 Å². The smallest absolute Gasteiger partial charge is 0.222 e. The Labute approximate surface area is 223 Å². The van der Waals surface area contributed by atoms with E-state index in [0.717, 1.165) is 16.7 Å². The number of thiocarbonyl (C=S) groups is 1. The first-order chi connectivity index (χ1) is 17.7. The molecule has 190 valence electrons. The van der Waals surface area contributed by atoms with Gasteiger partial charge in [-0.15, -0.1) is 0 Å². The van der Waals surface area contributed by atoms with Gasteiger partial charge in [0, 0.05) is 0 Å². The van der Waals surface area contributed by atoms with Gasteiger partial charge >= 0.3 is 0 Å². The molecule has 0 N–H and O–H groups in total. The Morgan fingerprint density at radius 3 is 1.78 bits per heavy atom. The second-order valence-electron chi connectivity index (χ2n) is 8.37. The monoisotopic (exact) mass is 524 g/mol. The van der Waals surface area contributed by atoms with Crippen LogP contribution in [0.1, 0.15) is 23.6 Å². The van der Waals surface area contributed by atoms with E-state index in [9.17, 15) is 0 Å². The fourth-order valence-electron chi connectivity index (χ4n) is 3.95. The van der Waals surface area contributed by atoms with Crippen molar-refractivity contribution in [2.45, 2.75) is 50.5 Å². The van der Waals surface area contributed by atoms with Gasteiger partial charge in [0.05, 0.1) is 33.0 Å². The fourth-order valence-corrected chi connectivity index (χ4v) is 5.29. The lowest BCUT2D eigenvalue weighted by molar-refractivity contribution is -0.0895. The molecular formula is C29H32O5S2. The molecule has 4 rings (SSSR count). The van der Waals surface area contributed by atoms with E-state index in [1.807, 2.05) is 97.9 Å². The van der Waals surface area contributed by atoms with Gasteiger partial charge in [-0.1, -0.05) is 91.0 Å². The van der Waals surface area contributed by atoms with Gasteiger partial charge in [0.25, 0.3) is 0 Å². The molecule has 3 aromatic carbocycles. The number of benzene rings is 3. The summed E-state index contributed by atoms with van der Waals surface area (Å²) in [5.41, 5.74) is 2.90. The molecule has 1 heterocycles. The largest absolute Gasteiger partial charge is 0.479 e. The Balaban J connectivity index is 1.49. The SMILES string of the molecule is CCOC(=S)SC1O[C@H](COCc2ccccc2)[C@@H](OCc2ccccc2)[C@H]1OCc1ccccc1. The molecule has 3 aromatic rings. The van der Waals surface area contributed by atoms with Gasteiger partial charge < -0.3 is 23.7 Å². The molecule has 1 fully saturated rings. The van der Waals surface area contributed by atoms with Gasteiger partial charge in [0.15, 0.2) is 0 Å². The molecule has 1 unspecified atom stereocenters. The summed E-state index contributed by atoms with van der Waals surface area (Å²) in [4.78, 5) is 0. The zero-order chi connectivity index (χ0) is 25.0. The van der Waals surface area contributed by atoms with Crippen molar-refractivity contribution < 1.29 is 23.7 Å². The molecular weight excluding hydrogens is 492 g/mol. The highest BCUT2D eigenvalue weighted by Crippen LogP contribution is 2.35. The summed E-state index contributed by atoms with van der Waals surface area (Å²) in [6.45, 7) is 4.18. The van der Waals surface area contributed by atoms with Gasteiger partial charge in [-0.25, -0.2) is 0 Å². The Bertz CT molecular complexity index is 1040. The summed E-state index contributed by atoms with van der Waals surface area (Å²) in [6.07, 6.45) is -1.02. The maximum absolute atomic E-state index is 6.45. The van der Waals surface area contributed by atoms with Crippen molar-refractivity contribution >= 4 is 28.4 Å². The third kappa shape index (κ3) is 8.13. The maximum atomic E-state index is 6.45. The Kier molecular flexibility index (Phi) is 10.8. The molecule has 0 saturated carbocycles. The quantitative estimate of drug-likeness (QED) is 0.263. The molecule has 0 aliphatic carbocycles. The van der Waals surface area contributed by atoms with Crippen LogP contribution in [0.4, 0.5) is 0 Å². The van der Waals surface area contributed by atoms with E-state index in [4.69, 9.17) is 35.9 Å². The molecule has 0 spiro atoms. The van der Waals surface area contributed by atoms with Crippen LogP contribution < -0.4 is 0 Å². The Hall–Kier alpha value is -2.26. The van der Waals surface area contributed by atoms with Crippen LogP contribution in [-0.2, 0) is 43.5 Å². The molecule has 0 amide bonds. The normalized spacial score (nSPS) is 21.4. The molecule has 4 atom stereocenters. The summed E-state index contributed by atoms with van der Waals surface area (Å²) in [7, 11) is 0. The molecule has 0 radical (unpaired) electrons. The third-order valence-electron chi connectivity index (χ3n) is 5.71. The average Bonchev–Trinajstić information content (AvgIpc) is 3.23.